The molecule has 0 N–H and O–H groups in total. The number of carbonyl (C=O) groups excluding carboxylic acids is 1. The molecule has 0 amide bonds. The van der Waals surface area contributed by atoms with Gasteiger partial charge in [0.25, 0.3) is 0 Å². The normalized spacial score (nSPS) is 11.2. The Morgan fingerprint density at radius 3 is 2.80 bits per heavy atom. The summed E-state index contributed by atoms with van der Waals surface area (Å²) >= 11 is 0. The second-order valence-electron chi connectivity index (χ2n) is 4.83. The van der Waals surface area contributed by atoms with Gasteiger partial charge in [-0.3, -0.25) is 9.20 Å². The van der Waals surface area contributed by atoms with Crippen molar-refractivity contribution in [3.8, 4) is 5.75 Å². The predicted octanol–water partition coefficient (Wildman–Crippen LogP) is 3.26. The molecule has 0 fully saturated rings. The summed E-state index contributed by atoms with van der Waals surface area (Å²) in [5.41, 5.74) is 3.45. The van der Waals surface area contributed by atoms with E-state index in [9.17, 15) is 4.79 Å². The Labute approximate surface area is 117 Å². The molecule has 0 atom stereocenters. The number of fused-ring (bicyclic) bond motifs is 3. The highest BCUT2D eigenvalue weighted by atomic mass is 16.5. The van der Waals surface area contributed by atoms with Gasteiger partial charge in [0.2, 0.25) is 0 Å². The predicted molar refractivity (Wildman–Crippen MR) is 78.6 cm³/mol. The van der Waals surface area contributed by atoms with Gasteiger partial charge < -0.3 is 4.74 Å². The van der Waals surface area contributed by atoms with Crippen LogP contribution in [0.5, 0.6) is 5.75 Å². The van der Waals surface area contributed by atoms with Crippen molar-refractivity contribution in [2.75, 3.05) is 7.11 Å². The highest BCUT2D eigenvalue weighted by Gasteiger charge is 2.12. The van der Waals surface area contributed by atoms with Crippen molar-refractivity contribution in [1.29, 1.82) is 0 Å². The van der Waals surface area contributed by atoms with Crippen molar-refractivity contribution in [2.24, 2.45) is 0 Å². The van der Waals surface area contributed by atoms with Crippen LogP contribution < -0.4 is 4.74 Å². The quantitative estimate of drug-likeness (QED) is 0.685. The van der Waals surface area contributed by atoms with Crippen molar-refractivity contribution in [2.45, 2.75) is 20.3 Å². The lowest BCUT2D eigenvalue weighted by Gasteiger charge is -2.09. The van der Waals surface area contributed by atoms with E-state index in [0.29, 0.717) is 5.69 Å². The van der Waals surface area contributed by atoms with Gasteiger partial charge in [-0.25, -0.2) is 4.98 Å². The van der Waals surface area contributed by atoms with Crippen molar-refractivity contribution >= 4 is 22.3 Å². The van der Waals surface area contributed by atoms with Crippen LogP contribution in [0, 0.1) is 0 Å². The molecule has 3 aromatic rings. The van der Waals surface area contributed by atoms with Gasteiger partial charge in [-0.2, -0.15) is 0 Å². The minimum atomic E-state index is -0.0361. The molecule has 2 aromatic heterocycles. The first kappa shape index (κ1) is 12.7. The number of nitrogens with zero attached hydrogens (tertiary/aromatic N) is 2. The van der Waals surface area contributed by atoms with E-state index in [0.717, 1.165) is 28.7 Å². The van der Waals surface area contributed by atoms with Gasteiger partial charge in [0.05, 0.1) is 12.6 Å². The van der Waals surface area contributed by atoms with E-state index >= 15 is 0 Å². The third kappa shape index (κ3) is 1.84. The Balaban J connectivity index is 2.41. The van der Waals surface area contributed by atoms with E-state index in [2.05, 4.69) is 30.1 Å². The number of benzene rings is 1. The number of hydrogen-bond acceptors (Lipinski definition) is 3. The lowest BCUT2D eigenvalue weighted by Crippen LogP contribution is -1.93. The van der Waals surface area contributed by atoms with E-state index in [-0.39, 0.29) is 5.78 Å². The van der Waals surface area contributed by atoms with Gasteiger partial charge >= 0.3 is 0 Å². The van der Waals surface area contributed by atoms with Crippen LogP contribution in [0.15, 0.2) is 30.5 Å². The van der Waals surface area contributed by atoms with E-state index < -0.39 is 0 Å². The summed E-state index contributed by atoms with van der Waals surface area (Å²) in [6.07, 6.45) is 2.75. The number of imidazole rings is 1. The zero-order valence-electron chi connectivity index (χ0n) is 11.8. The molecule has 0 bridgehead atoms. The number of ketones is 1. The molecule has 0 aliphatic carbocycles. The topological polar surface area (TPSA) is 43.6 Å². The molecule has 0 spiro atoms. The molecule has 1 aromatic carbocycles. The molecule has 0 saturated heterocycles. The highest BCUT2D eigenvalue weighted by Crippen LogP contribution is 2.29. The van der Waals surface area contributed by atoms with Gasteiger partial charge in [0.15, 0.2) is 5.78 Å². The first-order chi connectivity index (χ1) is 9.63. The van der Waals surface area contributed by atoms with Crippen LogP contribution in [0.4, 0.5) is 0 Å². The van der Waals surface area contributed by atoms with Crippen molar-refractivity contribution in [1.82, 2.24) is 9.38 Å². The van der Waals surface area contributed by atoms with Crippen LogP contribution in [0.1, 0.15) is 29.9 Å². The second-order valence-corrected chi connectivity index (χ2v) is 4.83. The van der Waals surface area contributed by atoms with Gasteiger partial charge in [0.1, 0.15) is 17.1 Å². The summed E-state index contributed by atoms with van der Waals surface area (Å²) in [6, 6.07) is 8.14. The number of carbonyl (C=O) groups is 1. The van der Waals surface area contributed by atoms with E-state index in [4.69, 9.17) is 4.74 Å². The summed E-state index contributed by atoms with van der Waals surface area (Å²) in [6.45, 7) is 3.65. The van der Waals surface area contributed by atoms with Gasteiger partial charge in [-0.05, 0) is 24.1 Å². The molecular formula is C16H16N2O2. The largest absolute Gasteiger partial charge is 0.496 e. The van der Waals surface area contributed by atoms with Gasteiger partial charge in [-0.1, -0.05) is 13.0 Å². The molecular weight excluding hydrogens is 252 g/mol. The molecule has 0 aliphatic rings. The lowest BCUT2D eigenvalue weighted by atomic mass is 10.1. The van der Waals surface area contributed by atoms with E-state index in [1.54, 1.807) is 13.3 Å². The first-order valence-corrected chi connectivity index (χ1v) is 6.63. The fraction of sp³-hybridized carbons (Fsp3) is 0.250. The second kappa shape index (κ2) is 4.63. The Morgan fingerprint density at radius 1 is 1.35 bits per heavy atom. The number of rotatable bonds is 3. The van der Waals surface area contributed by atoms with E-state index in [1.807, 2.05) is 10.5 Å². The molecule has 2 heterocycles. The molecule has 20 heavy (non-hydrogen) atoms. The third-order valence-electron chi connectivity index (χ3n) is 3.57. The maximum atomic E-state index is 11.5. The minimum Gasteiger partial charge on any atom is -0.496 e. The fourth-order valence-corrected chi connectivity index (χ4v) is 2.43. The Hall–Kier alpha value is -2.36. The average Bonchev–Trinajstić information content (AvgIpc) is 2.90. The van der Waals surface area contributed by atoms with Crippen LogP contribution in [-0.2, 0) is 6.42 Å². The number of hydrogen-bond donors (Lipinski definition) is 0. The molecule has 0 radical (unpaired) electrons. The molecule has 0 saturated carbocycles. The van der Waals surface area contributed by atoms with Crippen molar-refractivity contribution in [3.05, 3.63) is 41.7 Å². The summed E-state index contributed by atoms with van der Waals surface area (Å²) in [5.74, 6) is 0.745. The molecule has 4 heteroatoms. The number of pyridine rings is 1. The number of methoxy groups -OCH3 is 1. The Morgan fingerprint density at radius 2 is 2.15 bits per heavy atom. The minimum absolute atomic E-state index is 0.0361. The molecule has 102 valence electrons. The third-order valence-corrected chi connectivity index (χ3v) is 3.57. The zero-order chi connectivity index (χ0) is 14.3. The van der Waals surface area contributed by atoms with Gasteiger partial charge in [-0.15, -0.1) is 0 Å². The smallest absolute Gasteiger partial charge is 0.179 e. The average molecular weight is 268 g/mol. The van der Waals surface area contributed by atoms with Crippen LogP contribution in [0.25, 0.3) is 16.6 Å². The van der Waals surface area contributed by atoms with Crippen molar-refractivity contribution in [3.63, 3.8) is 0 Å². The summed E-state index contributed by atoms with van der Waals surface area (Å²) in [5, 5.41) is 1.03. The molecule has 0 aliphatic heterocycles. The highest BCUT2D eigenvalue weighted by molar-refractivity contribution is 5.95. The fourth-order valence-electron chi connectivity index (χ4n) is 2.43. The Bertz CT molecular complexity index is 818. The number of aromatic nitrogens is 2. The molecule has 3 rings (SSSR count). The monoisotopic (exact) mass is 268 g/mol. The van der Waals surface area contributed by atoms with Crippen molar-refractivity contribution < 1.29 is 9.53 Å². The number of aryl methyl sites for hydroxylation is 1. The SMILES string of the molecule is CCc1ccc2c(c1)c(OC)cc1nc(C(C)=O)cn12. The first-order valence-electron chi connectivity index (χ1n) is 6.63. The number of Topliss-reactive ketones (excluding diaryl/α,β-unsaturated/α-hetero) is 1. The van der Waals surface area contributed by atoms with Gasteiger partial charge in [0, 0.05) is 24.6 Å². The lowest BCUT2D eigenvalue weighted by molar-refractivity contribution is 0.101. The maximum Gasteiger partial charge on any atom is 0.179 e. The van der Waals surface area contributed by atoms with Crippen LogP contribution in [0.3, 0.4) is 0 Å². The zero-order valence-corrected chi connectivity index (χ0v) is 11.8. The molecule has 0 unspecified atom stereocenters. The Kier molecular flexibility index (Phi) is 2.93. The maximum absolute atomic E-state index is 11.5. The van der Waals surface area contributed by atoms with Crippen LogP contribution in [0.2, 0.25) is 0 Å². The summed E-state index contributed by atoms with van der Waals surface area (Å²) in [4.78, 5) is 15.8. The van der Waals surface area contributed by atoms with E-state index in [1.165, 1.54) is 12.5 Å². The van der Waals surface area contributed by atoms with Crippen LogP contribution >= 0.6 is 0 Å². The molecule has 4 nitrogen and oxygen atoms in total. The standard InChI is InChI=1S/C16H16N2O2/c1-4-11-5-6-14-12(7-11)15(20-3)8-16-17-13(10(2)19)9-18(14)16/h5-9H,4H2,1-3H3. The van der Waals surface area contributed by atoms with Crippen LogP contribution in [-0.4, -0.2) is 22.3 Å². The summed E-state index contributed by atoms with van der Waals surface area (Å²) < 4.78 is 7.41. The summed E-state index contributed by atoms with van der Waals surface area (Å²) in [7, 11) is 1.65. The number of ether oxygens (including phenoxy) is 1.